The monoisotopic (exact) mass is 293 g/mol. The van der Waals surface area contributed by atoms with Crippen LogP contribution in [0, 0.1) is 11.6 Å². The molecule has 0 spiro atoms. The molecule has 0 aromatic heterocycles. The molecule has 0 unspecified atom stereocenters. The highest BCUT2D eigenvalue weighted by Crippen LogP contribution is 2.29. The Labute approximate surface area is 122 Å². The lowest BCUT2D eigenvalue weighted by Crippen LogP contribution is -2.04. The summed E-state index contributed by atoms with van der Waals surface area (Å²) in [6.45, 7) is 0.545. The quantitative estimate of drug-likeness (QED) is 0.890. The van der Waals surface area contributed by atoms with Gasteiger partial charge in [-0.05, 0) is 42.8 Å². The molecule has 0 atom stereocenters. The zero-order valence-corrected chi connectivity index (χ0v) is 11.7. The van der Waals surface area contributed by atoms with Gasteiger partial charge in [0.2, 0.25) is 0 Å². The summed E-state index contributed by atoms with van der Waals surface area (Å²) >= 11 is 0. The molecule has 0 saturated heterocycles. The molecule has 0 radical (unpaired) electrons. The number of nitrogens with two attached hydrogens (primary N) is 1. The average Bonchev–Trinajstić information content (AvgIpc) is 2.47. The number of ether oxygens (including phenoxy) is 2. The van der Waals surface area contributed by atoms with E-state index < -0.39 is 11.6 Å². The number of benzene rings is 2. The minimum Gasteiger partial charge on any atom is -0.493 e. The van der Waals surface area contributed by atoms with Gasteiger partial charge in [-0.2, -0.15) is 0 Å². The molecule has 0 aliphatic carbocycles. The van der Waals surface area contributed by atoms with Crippen LogP contribution in [0.2, 0.25) is 0 Å². The normalized spacial score (nSPS) is 10.5. The molecule has 3 nitrogen and oxygen atoms in total. The van der Waals surface area contributed by atoms with Crippen molar-refractivity contribution in [2.75, 3.05) is 13.7 Å². The van der Waals surface area contributed by atoms with Crippen LogP contribution in [0.25, 0.3) is 0 Å². The van der Waals surface area contributed by atoms with Gasteiger partial charge in [-0.25, -0.2) is 8.78 Å². The Kier molecular flexibility index (Phi) is 5.11. The molecule has 2 aromatic carbocycles. The fourth-order valence-electron chi connectivity index (χ4n) is 1.95. The van der Waals surface area contributed by atoms with E-state index in [1.54, 1.807) is 6.07 Å². The van der Waals surface area contributed by atoms with Gasteiger partial charge in [0.15, 0.2) is 11.5 Å². The summed E-state index contributed by atoms with van der Waals surface area (Å²) in [6.07, 6.45) is 0.739. The van der Waals surface area contributed by atoms with Gasteiger partial charge < -0.3 is 15.2 Å². The van der Waals surface area contributed by atoms with Crippen LogP contribution in [-0.4, -0.2) is 13.7 Å². The van der Waals surface area contributed by atoms with Crippen molar-refractivity contribution in [3.05, 3.63) is 59.2 Å². The first kappa shape index (κ1) is 15.3. The number of rotatable bonds is 6. The molecule has 0 heterocycles. The smallest absolute Gasteiger partial charge is 0.161 e. The zero-order chi connectivity index (χ0) is 15.2. The minimum absolute atomic E-state index is 0.00128. The third-order valence-corrected chi connectivity index (χ3v) is 3.06. The van der Waals surface area contributed by atoms with Gasteiger partial charge in [-0.1, -0.05) is 6.07 Å². The first-order valence-electron chi connectivity index (χ1n) is 6.57. The van der Waals surface area contributed by atoms with Gasteiger partial charge in [-0.15, -0.1) is 0 Å². The molecule has 0 saturated carbocycles. The molecule has 0 aliphatic heterocycles. The SMILES string of the molecule is COc1cc(CCN)ccc1OCc1ccc(F)cc1F. The lowest BCUT2D eigenvalue weighted by atomic mass is 10.1. The second-order valence-electron chi connectivity index (χ2n) is 4.55. The Hall–Kier alpha value is -2.14. The lowest BCUT2D eigenvalue weighted by Gasteiger charge is -2.12. The van der Waals surface area contributed by atoms with E-state index in [4.69, 9.17) is 15.2 Å². The van der Waals surface area contributed by atoms with Crippen molar-refractivity contribution in [2.45, 2.75) is 13.0 Å². The second-order valence-corrected chi connectivity index (χ2v) is 4.55. The highest BCUT2D eigenvalue weighted by molar-refractivity contribution is 5.43. The largest absolute Gasteiger partial charge is 0.493 e. The molecule has 112 valence electrons. The van der Waals surface area contributed by atoms with Crippen LogP contribution in [0.5, 0.6) is 11.5 Å². The summed E-state index contributed by atoms with van der Waals surface area (Å²) in [4.78, 5) is 0. The van der Waals surface area contributed by atoms with Gasteiger partial charge in [0.25, 0.3) is 0 Å². The van der Waals surface area contributed by atoms with Crippen molar-refractivity contribution >= 4 is 0 Å². The maximum Gasteiger partial charge on any atom is 0.161 e. The molecular formula is C16H17F2NO2. The standard InChI is InChI=1S/C16H17F2NO2/c1-20-16-8-11(6-7-19)2-5-15(16)21-10-12-3-4-13(17)9-14(12)18/h2-5,8-9H,6-7,10,19H2,1H3. The Morgan fingerprint density at radius 2 is 1.86 bits per heavy atom. The molecule has 2 N–H and O–H groups in total. The van der Waals surface area contributed by atoms with Gasteiger partial charge in [0.05, 0.1) is 7.11 Å². The molecule has 21 heavy (non-hydrogen) atoms. The molecule has 2 rings (SSSR count). The van der Waals surface area contributed by atoms with E-state index in [0.717, 1.165) is 18.1 Å². The van der Waals surface area contributed by atoms with Crippen molar-refractivity contribution in [3.63, 3.8) is 0 Å². The first-order valence-corrected chi connectivity index (χ1v) is 6.57. The van der Waals surface area contributed by atoms with Crippen molar-refractivity contribution < 1.29 is 18.3 Å². The molecule has 2 aromatic rings. The Balaban J connectivity index is 2.12. The predicted octanol–water partition coefficient (Wildman–Crippen LogP) is 3.05. The Bertz CT molecular complexity index is 617. The number of halogens is 2. The van der Waals surface area contributed by atoms with Gasteiger partial charge >= 0.3 is 0 Å². The zero-order valence-electron chi connectivity index (χ0n) is 11.7. The number of hydrogen-bond acceptors (Lipinski definition) is 3. The first-order chi connectivity index (χ1) is 10.1. The summed E-state index contributed by atoms with van der Waals surface area (Å²) in [5.74, 6) is -0.181. The highest BCUT2D eigenvalue weighted by atomic mass is 19.1. The van der Waals surface area contributed by atoms with E-state index >= 15 is 0 Å². The maximum absolute atomic E-state index is 13.5. The molecule has 0 amide bonds. The number of hydrogen-bond donors (Lipinski definition) is 1. The van der Waals surface area contributed by atoms with E-state index in [-0.39, 0.29) is 12.2 Å². The average molecular weight is 293 g/mol. The minimum atomic E-state index is -0.631. The van der Waals surface area contributed by atoms with Crippen LogP contribution in [0.1, 0.15) is 11.1 Å². The van der Waals surface area contributed by atoms with Crippen LogP contribution < -0.4 is 15.2 Å². The van der Waals surface area contributed by atoms with E-state index in [1.807, 2.05) is 12.1 Å². The van der Waals surface area contributed by atoms with Gasteiger partial charge in [-0.3, -0.25) is 0 Å². The van der Waals surface area contributed by atoms with Crippen molar-refractivity contribution in [1.29, 1.82) is 0 Å². The summed E-state index contributed by atoms with van der Waals surface area (Å²) in [5, 5.41) is 0. The third-order valence-electron chi connectivity index (χ3n) is 3.06. The topological polar surface area (TPSA) is 44.5 Å². The van der Waals surface area contributed by atoms with Crippen molar-refractivity contribution in [1.82, 2.24) is 0 Å². The predicted molar refractivity (Wildman–Crippen MR) is 76.4 cm³/mol. The highest BCUT2D eigenvalue weighted by Gasteiger charge is 2.09. The molecule has 0 bridgehead atoms. The van der Waals surface area contributed by atoms with Crippen molar-refractivity contribution in [2.24, 2.45) is 5.73 Å². The fraction of sp³-hybridized carbons (Fsp3) is 0.250. The van der Waals surface area contributed by atoms with Crippen LogP contribution in [0.4, 0.5) is 8.78 Å². The molecule has 0 aliphatic rings. The van der Waals surface area contributed by atoms with Gasteiger partial charge in [0, 0.05) is 11.6 Å². The molecular weight excluding hydrogens is 276 g/mol. The lowest BCUT2D eigenvalue weighted by molar-refractivity contribution is 0.279. The summed E-state index contributed by atoms with van der Waals surface area (Å²) in [7, 11) is 1.53. The van der Waals surface area contributed by atoms with Gasteiger partial charge in [0.1, 0.15) is 18.2 Å². The third kappa shape index (κ3) is 3.92. The van der Waals surface area contributed by atoms with Crippen LogP contribution in [-0.2, 0) is 13.0 Å². The summed E-state index contributed by atoms with van der Waals surface area (Å²) in [6, 6.07) is 8.86. The molecule has 5 heteroatoms. The van der Waals surface area contributed by atoms with Crippen LogP contribution >= 0.6 is 0 Å². The molecule has 0 fully saturated rings. The van der Waals surface area contributed by atoms with Crippen LogP contribution in [0.3, 0.4) is 0 Å². The van der Waals surface area contributed by atoms with Crippen molar-refractivity contribution in [3.8, 4) is 11.5 Å². The summed E-state index contributed by atoms with van der Waals surface area (Å²) in [5.41, 5.74) is 6.83. The van der Waals surface area contributed by atoms with Crippen LogP contribution in [0.15, 0.2) is 36.4 Å². The fourth-order valence-corrected chi connectivity index (χ4v) is 1.95. The Morgan fingerprint density at radius 1 is 1.05 bits per heavy atom. The van der Waals surface area contributed by atoms with E-state index in [2.05, 4.69) is 0 Å². The second kappa shape index (κ2) is 7.04. The number of methoxy groups -OCH3 is 1. The maximum atomic E-state index is 13.5. The van der Waals surface area contributed by atoms with E-state index in [1.165, 1.54) is 19.2 Å². The van der Waals surface area contributed by atoms with E-state index in [0.29, 0.717) is 18.0 Å². The summed E-state index contributed by atoms with van der Waals surface area (Å²) < 4.78 is 37.2. The van der Waals surface area contributed by atoms with E-state index in [9.17, 15) is 8.78 Å². The Morgan fingerprint density at radius 3 is 2.52 bits per heavy atom.